The molecule has 142 valence electrons. The zero-order valence-electron chi connectivity index (χ0n) is 13.5. The SMILES string of the molecule is N#Cc1ccc(Nc2nc(N)nc(Oc3c(F)c(F)c(O)c(F)c3F)n2)cc1. The van der Waals surface area contributed by atoms with Crippen LogP contribution in [-0.4, -0.2) is 20.1 Å². The van der Waals surface area contributed by atoms with Gasteiger partial charge in [-0.1, -0.05) is 0 Å². The molecule has 0 amide bonds. The van der Waals surface area contributed by atoms with Crippen molar-refractivity contribution < 1.29 is 27.4 Å². The largest absolute Gasteiger partial charge is 0.503 e. The first-order chi connectivity index (χ1) is 13.3. The first-order valence-corrected chi connectivity index (χ1v) is 7.31. The van der Waals surface area contributed by atoms with Gasteiger partial charge in [-0.15, -0.1) is 0 Å². The van der Waals surface area contributed by atoms with E-state index in [2.05, 4.69) is 25.0 Å². The Kier molecular flexibility index (Phi) is 4.82. The molecule has 3 aromatic rings. The molecule has 0 saturated heterocycles. The van der Waals surface area contributed by atoms with Crippen molar-refractivity contribution in [3.05, 3.63) is 53.1 Å². The number of phenols is 1. The van der Waals surface area contributed by atoms with Gasteiger partial charge < -0.3 is 20.9 Å². The number of nitriles is 1. The molecule has 2 aromatic carbocycles. The minimum Gasteiger partial charge on any atom is -0.503 e. The molecule has 0 unspecified atom stereocenters. The molecule has 4 N–H and O–H groups in total. The molecule has 12 heteroatoms. The molecule has 0 aliphatic heterocycles. The van der Waals surface area contributed by atoms with E-state index in [1.54, 1.807) is 0 Å². The lowest BCUT2D eigenvalue weighted by Gasteiger charge is -2.10. The number of aromatic hydroxyl groups is 1. The molecular formula is C16H8F4N6O2. The Balaban J connectivity index is 1.93. The number of benzene rings is 2. The van der Waals surface area contributed by atoms with E-state index in [1.807, 2.05) is 6.07 Å². The van der Waals surface area contributed by atoms with E-state index >= 15 is 0 Å². The summed E-state index contributed by atoms with van der Waals surface area (Å²) in [6.45, 7) is 0. The third-order valence-electron chi connectivity index (χ3n) is 3.30. The summed E-state index contributed by atoms with van der Waals surface area (Å²) in [5.74, 6) is -12.1. The Bertz CT molecular complexity index is 1070. The normalized spacial score (nSPS) is 10.4. The average molecular weight is 392 g/mol. The summed E-state index contributed by atoms with van der Waals surface area (Å²) in [7, 11) is 0. The van der Waals surface area contributed by atoms with E-state index in [1.165, 1.54) is 24.3 Å². The second-order valence-electron chi connectivity index (χ2n) is 5.15. The van der Waals surface area contributed by atoms with Crippen molar-refractivity contribution in [1.29, 1.82) is 5.26 Å². The number of nitrogens with zero attached hydrogens (tertiary/aromatic N) is 4. The fourth-order valence-corrected chi connectivity index (χ4v) is 2.01. The molecule has 1 heterocycles. The maximum absolute atomic E-state index is 13.8. The van der Waals surface area contributed by atoms with Gasteiger partial charge in [0.15, 0.2) is 5.75 Å². The predicted octanol–water partition coefficient (Wildman–Crippen LogP) is 3.12. The molecule has 0 atom stereocenters. The smallest absolute Gasteiger partial charge is 0.328 e. The summed E-state index contributed by atoms with van der Waals surface area (Å²) >= 11 is 0. The number of halogens is 4. The van der Waals surface area contributed by atoms with Gasteiger partial charge in [0, 0.05) is 5.69 Å². The minimum atomic E-state index is -2.05. The highest BCUT2D eigenvalue weighted by Crippen LogP contribution is 2.35. The van der Waals surface area contributed by atoms with Crippen molar-refractivity contribution in [2.24, 2.45) is 0 Å². The zero-order valence-corrected chi connectivity index (χ0v) is 13.5. The molecule has 0 saturated carbocycles. The third-order valence-corrected chi connectivity index (χ3v) is 3.30. The zero-order chi connectivity index (χ0) is 20.4. The number of ether oxygens (including phenoxy) is 1. The molecule has 0 aliphatic rings. The fraction of sp³-hybridized carbons (Fsp3) is 0. The molecule has 28 heavy (non-hydrogen) atoms. The Morgan fingerprint density at radius 3 is 2.14 bits per heavy atom. The second-order valence-corrected chi connectivity index (χ2v) is 5.15. The average Bonchev–Trinajstić information content (AvgIpc) is 2.68. The summed E-state index contributed by atoms with van der Waals surface area (Å²) in [6, 6.07) is 7.18. The van der Waals surface area contributed by atoms with Gasteiger partial charge in [0.1, 0.15) is 0 Å². The van der Waals surface area contributed by atoms with E-state index in [0.717, 1.165) is 0 Å². The Morgan fingerprint density at radius 1 is 0.964 bits per heavy atom. The second kappa shape index (κ2) is 7.23. The van der Waals surface area contributed by atoms with Crippen LogP contribution < -0.4 is 15.8 Å². The Labute approximate surface area is 153 Å². The number of anilines is 3. The molecule has 0 fully saturated rings. The monoisotopic (exact) mass is 392 g/mol. The lowest BCUT2D eigenvalue weighted by atomic mass is 10.2. The lowest BCUT2D eigenvalue weighted by Crippen LogP contribution is -2.07. The topological polar surface area (TPSA) is 130 Å². The van der Waals surface area contributed by atoms with Gasteiger partial charge in [-0.3, -0.25) is 0 Å². The quantitative estimate of drug-likeness (QED) is 0.456. The van der Waals surface area contributed by atoms with Crippen molar-refractivity contribution >= 4 is 17.6 Å². The van der Waals surface area contributed by atoms with Crippen LogP contribution in [0.25, 0.3) is 0 Å². The van der Waals surface area contributed by atoms with Gasteiger partial charge in [-0.05, 0) is 24.3 Å². The minimum absolute atomic E-state index is 0.215. The lowest BCUT2D eigenvalue weighted by molar-refractivity contribution is 0.317. The number of aromatic nitrogens is 3. The van der Waals surface area contributed by atoms with Crippen molar-refractivity contribution in [1.82, 2.24) is 15.0 Å². The Morgan fingerprint density at radius 2 is 1.57 bits per heavy atom. The fourth-order valence-electron chi connectivity index (χ4n) is 2.01. The summed E-state index contributed by atoms with van der Waals surface area (Å²) < 4.78 is 59.1. The molecular weight excluding hydrogens is 384 g/mol. The molecule has 8 nitrogen and oxygen atoms in total. The highest BCUT2D eigenvalue weighted by atomic mass is 19.2. The van der Waals surface area contributed by atoms with E-state index in [0.29, 0.717) is 11.3 Å². The highest BCUT2D eigenvalue weighted by molar-refractivity contribution is 5.55. The number of nitrogens with one attached hydrogen (secondary N) is 1. The number of rotatable bonds is 4. The van der Waals surface area contributed by atoms with Crippen LogP contribution >= 0.6 is 0 Å². The van der Waals surface area contributed by atoms with Crippen molar-refractivity contribution in [2.45, 2.75) is 0 Å². The van der Waals surface area contributed by atoms with Crippen LogP contribution in [0.3, 0.4) is 0 Å². The summed E-state index contributed by atoms with van der Waals surface area (Å²) in [5, 5.41) is 20.4. The van der Waals surface area contributed by atoms with E-state index < -0.39 is 46.7 Å². The van der Waals surface area contributed by atoms with E-state index in [-0.39, 0.29) is 5.95 Å². The van der Waals surface area contributed by atoms with Crippen LogP contribution in [0.4, 0.5) is 35.1 Å². The van der Waals surface area contributed by atoms with Crippen molar-refractivity contribution in [3.8, 4) is 23.6 Å². The first kappa shape index (κ1) is 18.6. The molecule has 0 aliphatic carbocycles. The van der Waals surface area contributed by atoms with Crippen LogP contribution in [-0.2, 0) is 0 Å². The number of nitrogen functional groups attached to an aromatic ring is 1. The molecule has 0 spiro atoms. The molecule has 0 bridgehead atoms. The van der Waals surface area contributed by atoms with E-state index in [4.69, 9.17) is 16.1 Å². The van der Waals surface area contributed by atoms with Crippen LogP contribution in [0.2, 0.25) is 0 Å². The number of nitrogens with two attached hydrogens (primary N) is 1. The van der Waals surface area contributed by atoms with Gasteiger partial charge >= 0.3 is 6.01 Å². The van der Waals surface area contributed by atoms with Crippen molar-refractivity contribution in [3.63, 3.8) is 0 Å². The number of phenolic OH excluding ortho intramolecular Hbond substituents is 1. The van der Waals surface area contributed by atoms with Crippen molar-refractivity contribution in [2.75, 3.05) is 11.1 Å². The summed E-state index contributed by atoms with van der Waals surface area (Å²) in [5.41, 5.74) is 6.29. The van der Waals surface area contributed by atoms with Gasteiger partial charge in [0.25, 0.3) is 0 Å². The van der Waals surface area contributed by atoms with Gasteiger partial charge in [-0.25, -0.2) is 0 Å². The maximum atomic E-state index is 13.8. The molecule has 1 aromatic heterocycles. The van der Waals surface area contributed by atoms with Crippen LogP contribution in [0.1, 0.15) is 5.56 Å². The summed E-state index contributed by atoms with van der Waals surface area (Å²) in [6.07, 6.45) is 0. The van der Waals surface area contributed by atoms with Crippen LogP contribution in [0.5, 0.6) is 17.5 Å². The number of hydrogen-bond donors (Lipinski definition) is 3. The van der Waals surface area contributed by atoms with E-state index in [9.17, 15) is 17.6 Å². The molecule has 0 radical (unpaired) electrons. The number of hydrogen-bond acceptors (Lipinski definition) is 8. The summed E-state index contributed by atoms with van der Waals surface area (Å²) in [4.78, 5) is 10.9. The van der Waals surface area contributed by atoms with Gasteiger partial charge in [-0.2, -0.15) is 37.8 Å². The molecule has 3 rings (SSSR count). The Hall–Kier alpha value is -4.14. The standard InChI is InChI=1S/C16H8F4N6O2/c17-8-10(19)13(11(20)9(18)12(8)27)28-16-25-14(22)24-15(26-16)23-7-3-1-6(5-21)2-4-7/h1-4,27H,(H3,22,23,24,25,26). The predicted molar refractivity (Wildman–Crippen MR) is 86.7 cm³/mol. The third kappa shape index (κ3) is 3.54. The van der Waals surface area contributed by atoms with Gasteiger partial charge in [0.05, 0.1) is 11.6 Å². The maximum Gasteiger partial charge on any atom is 0.328 e. The first-order valence-electron chi connectivity index (χ1n) is 7.31. The van der Waals surface area contributed by atoms with Gasteiger partial charge in [0.2, 0.25) is 40.9 Å². The van der Waals surface area contributed by atoms with Crippen LogP contribution in [0, 0.1) is 34.6 Å². The van der Waals surface area contributed by atoms with Crippen LogP contribution in [0.15, 0.2) is 24.3 Å². The highest BCUT2D eigenvalue weighted by Gasteiger charge is 2.27.